The standard InChI is InChI=1S/C21H21F3O6/c1-4-27-19(25)13(2)29-20(26)14(3)28-16-9-11-18(12-10-16)30-17-7-5-15(6-8-17)21(22,23)24/h5-14H,4H2,1-3H3. The first-order chi connectivity index (χ1) is 14.1. The summed E-state index contributed by atoms with van der Waals surface area (Å²) in [4.78, 5) is 23.5. The second-order valence-electron chi connectivity index (χ2n) is 6.19. The molecule has 6 nitrogen and oxygen atoms in total. The molecule has 0 fully saturated rings. The minimum Gasteiger partial charge on any atom is -0.479 e. The lowest BCUT2D eigenvalue weighted by Crippen LogP contribution is -2.33. The topological polar surface area (TPSA) is 71.1 Å². The highest BCUT2D eigenvalue weighted by Crippen LogP contribution is 2.31. The first-order valence-corrected chi connectivity index (χ1v) is 9.09. The molecule has 2 rings (SSSR count). The highest BCUT2D eigenvalue weighted by Gasteiger charge is 2.30. The number of carbonyl (C=O) groups excluding carboxylic acids is 2. The van der Waals surface area contributed by atoms with Crippen LogP contribution < -0.4 is 9.47 Å². The second-order valence-corrected chi connectivity index (χ2v) is 6.19. The molecule has 0 aliphatic carbocycles. The molecule has 0 amide bonds. The van der Waals surface area contributed by atoms with Crippen LogP contribution in [-0.2, 0) is 25.2 Å². The highest BCUT2D eigenvalue weighted by molar-refractivity contribution is 5.81. The van der Waals surface area contributed by atoms with Crippen molar-refractivity contribution in [2.75, 3.05) is 6.61 Å². The average molecular weight is 426 g/mol. The Balaban J connectivity index is 1.91. The molecule has 2 unspecified atom stereocenters. The van der Waals surface area contributed by atoms with Gasteiger partial charge in [-0.3, -0.25) is 0 Å². The van der Waals surface area contributed by atoms with E-state index in [-0.39, 0.29) is 12.4 Å². The molecule has 9 heteroatoms. The van der Waals surface area contributed by atoms with Crippen molar-refractivity contribution in [1.29, 1.82) is 0 Å². The highest BCUT2D eigenvalue weighted by atomic mass is 19.4. The van der Waals surface area contributed by atoms with Crippen molar-refractivity contribution < 1.29 is 41.7 Å². The number of alkyl halides is 3. The smallest absolute Gasteiger partial charge is 0.416 e. The van der Waals surface area contributed by atoms with Gasteiger partial charge >= 0.3 is 18.1 Å². The molecule has 0 saturated carbocycles. The molecule has 0 heterocycles. The maximum absolute atomic E-state index is 12.6. The minimum atomic E-state index is -4.41. The van der Waals surface area contributed by atoms with E-state index >= 15 is 0 Å². The van der Waals surface area contributed by atoms with Crippen molar-refractivity contribution in [3.8, 4) is 17.2 Å². The Morgan fingerprint density at radius 1 is 0.833 bits per heavy atom. The summed E-state index contributed by atoms with van der Waals surface area (Å²) in [5.74, 6) is -0.443. The van der Waals surface area contributed by atoms with E-state index in [9.17, 15) is 22.8 Å². The number of hydrogen-bond acceptors (Lipinski definition) is 6. The molecule has 0 aliphatic heterocycles. The van der Waals surface area contributed by atoms with Crippen LogP contribution in [0.25, 0.3) is 0 Å². The Kier molecular flexibility index (Phi) is 7.68. The van der Waals surface area contributed by atoms with Gasteiger partial charge in [0.2, 0.25) is 0 Å². The van der Waals surface area contributed by atoms with E-state index in [1.165, 1.54) is 50.2 Å². The Morgan fingerprint density at radius 3 is 1.83 bits per heavy atom. The van der Waals surface area contributed by atoms with Crippen molar-refractivity contribution in [2.24, 2.45) is 0 Å². The molecule has 0 aromatic heterocycles. The normalized spacial score (nSPS) is 13.1. The molecule has 0 spiro atoms. The second kappa shape index (κ2) is 10.00. The van der Waals surface area contributed by atoms with Crippen LogP contribution in [0, 0.1) is 0 Å². The van der Waals surface area contributed by atoms with E-state index in [4.69, 9.17) is 18.9 Å². The van der Waals surface area contributed by atoms with Crippen molar-refractivity contribution >= 4 is 11.9 Å². The summed E-state index contributed by atoms with van der Waals surface area (Å²) in [6.07, 6.45) is -6.45. The Bertz CT molecular complexity index is 847. The molecule has 0 bridgehead atoms. The van der Waals surface area contributed by atoms with E-state index in [2.05, 4.69) is 0 Å². The monoisotopic (exact) mass is 426 g/mol. The van der Waals surface area contributed by atoms with E-state index in [1.54, 1.807) is 6.92 Å². The molecule has 0 saturated heterocycles. The minimum absolute atomic E-state index is 0.174. The third-order valence-electron chi connectivity index (χ3n) is 3.80. The molecule has 0 N–H and O–H groups in total. The van der Waals surface area contributed by atoms with Crippen LogP contribution in [-0.4, -0.2) is 30.8 Å². The SMILES string of the molecule is CCOC(=O)C(C)OC(=O)C(C)Oc1ccc(Oc2ccc(C(F)(F)F)cc2)cc1. The van der Waals surface area contributed by atoms with Crippen LogP contribution in [0.3, 0.4) is 0 Å². The largest absolute Gasteiger partial charge is 0.479 e. The van der Waals surface area contributed by atoms with Crippen LogP contribution in [0.2, 0.25) is 0 Å². The van der Waals surface area contributed by atoms with Gasteiger partial charge in [0.25, 0.3) is 0 Å². The zero-order valence-corrected chi connectivity index (χ0v) is 16.6. The number of benzene rings is 2. The van der Waals surface area contributed by atoms with Gasteiger partial charge in [-0.2, -0.15) is 13.2 Å². The number of esters is 2. The molecule has 0 aliphatic rings. The maximum atomic E-state index is 12.6. The number of hydrogen-bond donors (Lipinski definition) is 0. The zero-order chi connectivity index (χ0) is 22.3. The quantitative estimate of drug-likeness (QED) is 0.567. The van der Waals surface area contributed by atoms with Crippen LogP contribution in [0.1, 0.15) is 26.3 Å². The van der Waals surface area contributed by atoms with Gasteiger partial charge in [-0.05, 0) is 69.3 Å². The van der Waals surface area contributed by atoms with E-state index < -0.39 is 35.9 Å². The fourth-order valence-electron chi connectivity index (χ4n) is 2.26. The summed E-state index contributed by atoms with van der Waals surface area (Å²) in [5.41, 5.74) is -0.767. The van der Waals surface area contributed by atoms with Gasteiger partial charge in [0.1, 0.15) is 17.2 Å². The summed E-state index contributed by atoms with van der Waals surface area (Å²) in [7, 11) is 0. The Labute approximate surface area is 171 Å². The van der Waals surface area contributed by atoms with Crippen LogP contribution in [0.4, 0.5) is 13.2 Å². The number of rotatable bonds is 8. The van der Waals surface area contributed by atoms with E-state index in [0.29, 0.717) is 11.5 Å². The van der Waals surface area contributed by atoms with Gasteiger partial charge in [-0.1, -0.05) is 0 Å². The molecule has 30 heavy (non-hydrogen) atoms. The third kappa shape index (κ3) is 6.68. The third-order valence-corrected chi connectivity index (χ3v) is 3.80. The lowest BCUT2D eigenvalue weighted by Gasteiger charge is -2.17. The number of ether oxygens (including phenoxy) is 4. The van der Waals surface area contributed by atoms with Crippen molar-refractivity contribution in [1.82, 2.24) is 0 Å². The Morgan fingerprint density at radius 2 is 1.33 bits per heavy atom. The summed E-state index contributed by atoms with van der Waals surface area (Å²) < 4.78 is 58.5. The van der Waals surface area contributed by atoms with Crippen molar-refractivity contribution in [2.45, 2.75) is 39.2 Å². The van der Waals surface area contributed by atoms with E-state index in [0.717, 1.165) is 12.1 Å². The van der Waals surface area contributed by atoms with Crippen molar-refractivity contribution in [3.63, 3.8) is 0 Å². The molecule has 0 radical (unpaired) electrons. The molecular formula is C21H21F3O6. The molecule has 162 valence electrons. The summed E-state index contributed by atoms with van der Waals surface area (Å²) >= 11 is 0. The average Bonchev–Trinajstić information content (AvgIpc) is 2.69. The number of carbonyl (C=O) groups is 2. The van der Waals surface area contributed by atoms with Gasteiger partial charge in [0.05, 0.1) is 12.2 Å². The van der Waals surface area contributed by atoms with Gasteiger partial charge in [0.15, 0.2) is 12.2 Å². The zero-order valence-electron chi connectivity index (χ0n) is 16.6. The van der Waals surface area contributed by atoms with Crippen LogP contribution in [0.15, 0.2) is 48.5 Å². The number of halogens is 3. The molecule has 2 aromatic carbocycles. The van der Waals surface area contributed by atoms with Gasteiger partial charge in [0, 0.05) is 0 Å². The van der Waals surface area contributed by atoms with Gasteiger partial charge in [-0.25, -0.2) is 9.59 Å². The summed E-state index contributed by atoms with van der Waals surface area (Å²) in [5, 5.41) is 0. The van der Waals surface area contributed by atoms with Gasteiger partial charge in [-0.15, -0.1) is 0 Å². The van der Waals surface area contributed by atoms with Gasteiger partial charge < -0.3 is 18.9 Å². The lowest BCUT2D eigenvalue weighted by atomic mass is 10.2. The van der Waals surface area contributed by atoms with E-state index in [1.807, 2.05) is 0 Å². The first kappa shape index (κ1) is 23.1. The predicted octanol–water partition coefficient (Wildman–Crippen LogP) is 4.76. The first-order valence-electron chi connectivity index (χ1n) is 9.09. The summed E-state index contributed by atoms with van der Waals surface area (Å²) in [6.45, 7) is 4.68. The lowest BCUT2D eigenvalue weighted by molar-refractivity contribution is -0.170. The predicted molar refractivity (Wildman–Crippen MR) is 100 cm³/mol. The Hall–Kier alpha value is -3.23. The molecule has 2 aromatic rings. The fourth-order valence-corrected chi connectivity index (χ4v) is 2.26. The van der Waals surface area contributed by atoms with Crippen LogP contribution >= 0.6 is 0 Å². The summed E-state index contributed by atoms with van der Waals surface area (Å²) in [6, 6.07) is 10.4. The fraction of sp³-hybridized carbons (Fsp3) is 0.333. The van der Waals surface area contributed by atoms with Crippen molar-refractivity contribution in [3.05, 3.63) is 54.1 Å². The molecular weight excluding hydrogens is 405 g/mol. The molecule has 2 atom stereocenters. The maximum Gasteiger partial charge on any atom is 0.416 e. The van der Waals surface area contributed by atoms with Crippen LogP contribution in [0.5, 0.6) is 17.2 Å².